The van der Waals surface area contributed by atoms with Crippen molar-refractivity contribution in [2.75, 3.05) is 19.8 Å². The summed E-state index contributed by atoms with van der Waals surface area (Å²) in [5.41, 5.74) is 4.88. The number of ether oxygens (including phenoxy) is 1. The van der Waals surface area contributed by atoms with E-state index < -0.39 is 30.4 Å². The molecule has 0 heterocycles. The second-order valence-corrected chi connectivity index (χ2v) is 3.93. The largest absolute Gasteiger partial charge is 0.480 e. The molecule has 0 fully saturated rings. The molecule has 1 unspecified atom stereocenters. The monoisotopic (exact) mass is 275 g/mol. The normalized spacial score (nSPS) is 11.6. The van der Waals surface area contributed by atoms with E-state index in [1.807, 2.05) is 6.92 Å². The number of amides is 3. The van der Waals surface area contributed by atoms with Crippen LogP contribution < -0.4 is 16.4 Å². The third-order valence-electron chi connectivity index (χ3n) is 2.11. The average Bonchev–Trinajstić information content (AvgIpc) is 2.32. The van der Waals surface area contributed by atoms with Gasteiger partial charge in [-0.1, -0.05) is 6.92 Å². The fourth-order valence-corrected chi connectivity index (χ4v) is 1.23. The van der Waals surface area contributed by atoms with Crippen molar-refractivity contribution in [3.63, 3.8) is 0 Å². The van der Waals surface area contributed by atoms with Crippen LogP contribution in [0.1, 0.15) is 26.2 Å². The van der Waals surface area contributed by atoms with Crippen LogP contribution in [-0.2, 0) is 14.3 Å². The first-order valence-electron chi connectivity index (χ1n) is 6.10. The van der Waals surface area contributed by atoms with Gasteiger partial charge in [0.05, 0.1) is 6.42 Å². The van der Waals surface area contributed by atoms with Crippen molar-refractivity contribution >= 4 is 17.9 Å². The summed E-state index contributed by atoms with van der Waals surface area (Å²) in [6.07, 6.45) is 1.12. The molecule has 0 aromatic rings. The lowest BCUT2D eigenvalue weighted by atomic mass is 10.2. The molecule has 8 nitrogen and oxygen atoms in total. The number of carboxylic acids is 1. The maximum absolute atomic E-state index is 11.3. The molecule has 110 valence electrons. The van der Waals surface area contributed by atoms with E-state index in [0.29, 0.717) is 26.2 Å². The van der Waals surface area contributed by atoms with E-state index in [1.54, 1.807) is 0 Å². The third-order valence-corrected chi connectivity index (χ3v) is 2.11. The Hall–Kier alpha value is -1.83. The Morgan fingerprint density at radius 2 is 2.00 bits per heavy atom. The molecule has 0 aromatic carbocycles. The maximum atomic E-state index is 11.3. The predicted molar refractivity (Wildman–Crippen MR) is 67.5 cm³/mol. The van der Waals surface area contributed by atoms with E-state index in [9.17, 15) is 14.4 Å². The Morgan fingerprint density at radius 3 is 2.53 bits per heavy atom. The highest BCUT2D eigenvalue weighted by molar-refractivity contribution is 5.87. The summed E-state index contributed by atoms with van der Waals surface area (Å²) in [7, 11) is 0. The molecule has 0 aliphatic carbocycles. The van der Waals surface area contributed by atoms with Crippen LogP contribution >= 0.6 is 0 Å². The van der Waals surface area contributed by atoms with Gasteiger partial charge >= 0.3 is 12.0 Å². The minimum absolute atomic E-state index is 0.360. The van der Waals surface area contributed by atoms with Crippen molar-refractivity contribution in [1.82, 2.24) is 10.6 Å². The maximum Gasteiger partial charge on any atom is 0.326 e. The Kier molecular flexibility index (Phi) is 9.15. The van der Waals surface area contributed by atoms with Gasteiger partial charge in [0.2, 0.25) is 5.91 Å². The summed E-state index contributed by atoms with van der Waals surface area (Å²) in [6.45, 7) is 3.55. The van der Waals surface area contributed by atoms with Gasteiger partial charge in [-0.15, -0.1) is 0 Å². The average molecular weight is 275 g/mol. The van der Waals surface area contributed by atoms with Crippen LogP contribution in [0.2, 0.25) is 0 Å². The van der Waals surface area contributed by atoms with Crippen molar-refractivity contribution in [3.05, 3.63) is 0 Å². The van der Waals surface area contributed by atoms with Crippen molar-refractivity contribution in [3.8, 4) is 0 Å². The van der Waals surface area contributed by atoms with Crippen molar-refractivity contribution in [2.45, 2.75) is 32.2 Å². The van der Waals surface area contributed by atoms with E-state index in [2.05, 4.69) is 10.6 Å². The van der Waals surface area contributed by atoms with Crippen LogP contribution in [0.25, 0.3) is 0 Å². The van der Waals surface area contributed by atoms with Gasteiger partial charge in [0.15, 0.2) is 0 Å². The summed E-state index contributed by atoms with van der Waals surface area (Å²) in [6, 6.07) is -1.96. The molecule has 0 saturated carbocycles. The lowest BCUT2D eigenvalue weighted by Gasteiger charge is -2.13. The zero-order valence-electron chi connectivity index (χ0n) is 11.0. The Bertz CT molecular complexity index is 309. The van der Waals surface area contributed by atoms with Gasteiger partial charge in [-0.25, -0.2) is 9.59 Å². The SMILES string of the molecule is CCCOCCCNC(=O)NC(CC(N)=O)C(=O)O. The van der Waals surface area contributed by atoms with E-state index in [1.165, 1.54) is 0 Å². The lowest BCUT2D eigenvalue weighted by Crippen LogP contribution is -2.47. The van der Waals surface area contributed by atoms with Crippen LogP contribution in [-0.4, -0.2) is 48.8 Å². The summed E-state index contributed by atoms with van der Waals surface area (Å²) >= 11 is 0. The molecule has 0 aliphatic rings. The highest BCUT2D eigenvalue weighted by Gasteiger charge is 2.21. The molecule has 3 amide bonds. The van der Waals surface area contributed by atoms with Crippen LogP contribution in [0, 0.1) is 0 Å². The van der Waals surface area contributed by atoms with Gasteiger partial charge in [0.25, 0.3) is 0 Å². The fourth-order valence-electron chi connectivity index (χ4n) is 1.23. The van der Waals surface area contributed by atoms with Crippen LogP contribution in [0.4, 0.5) is 4.79 Å². The van der Waals surface area contributed by atoms with Gasteiger partial charge < -0.3 is 26.2 Å². The van der Waals surface area contributed by atoms with Gasteiger partial charge in [-0.2, -0.15) is 0 Å². The van der Waals surface area contributed by atoms with E-state index in [0.717, 1.165) is 6.42 Å². The van der Waals surface area contributed by atoms with Gasteiger partial charge in [0.1, 0.15) is 6.04 Å². The number of carboxylic acid groups (broad SMARTS) is 1. The number of rotatable bonds is 10. The molecule has 0 saturated heterocycles. The second kappa shape index (κ2) is 10.1. The van der Waals surface area contributed by atoms with E-state index >= 15 is 0 Å². The van der Waals surface area contributed by atoms with Crippen LogP contribution in [0.5, 0.6) is 0 Å². The summed E-state index contributed by atoms with van der Waals surface area (Å²) in [4.78, 5) is 32.7. The quantitative estimate of drug-likeness (QED) is 0.397. The van der Waals surface area contributed by atoms with Gasteiger partial charge in [-0.3, -0.25) is 4.79 Å². The number of aliphatic carboxylic acids is 1. The molecule has 0 radical (unpaired) electrons. The minimum Gasteiger partial charge on any atom is -0.480 e. The predicted octanol–water partition coefficient (Wildman–Crippen LogP) is -0.569. The van der Waals surface area contributed by atoms with Gasteiger partial charge in [-0.05, 0) is 12.8 Å². The number of hydrogen-bond acceptors (Lipinski definition) is 4. The second-order valence-electron chi connectivity index (χ2n) is 3.93. The van der Waals surface area contributed by atoms with Gasteiger partial charge in [0, 0.05) is 19.8 Å². The van der Waals surface area contributed by atoms with Crippen molar-refractivity contribution < 1.29 is 24.2 Å². The molecule has 0 rings (SSSR count). The fraction of sp³-hybridized carbons (Fsp3) is 0.727. The number of urea groups is 1. The van der Waals surface area contributed by atoms with E-state index in [-0.39, 0.29) is 0 Å². The first-order valence-corrected chi connectivity index (χ1v) is 6.10. The highest BCUT2D eigenvalue weighted by Crippen LogP contribution is 1.91. The summed E-state index contributed by atoms with van der Waals surface area (Å²) < 4.78 is 5.21. The number of primary amides is 1. The molecule has 1 atom stereocenters. The minimum atomic E-state index is -1.31. The smallest absolute Gasteiger partial charge is 0.326 e. The van der Waals surface area contributed by atoms with Crippen LogP contribution in [0.15, 0.2) is 0 Å². The zero-order chi connectivity index (χ0) is 14.7. The zero-order valence-corrected chi connectivity index (χ0v) is 11.0. The Balaban J connectivity index is 3.81. The molecule has 5 N–H and O–H groups in total. The van der Waals surface area contributed by atoms with E-state index in [4.69, 9.17) is 15.6 Å². The summed E-state index contributed by atoms with van der Waals surface area (Å²) in [5.74, 6) is -2.10. The summed E-state index contributed by atoms with van der Waals surface area (Å²) in [5, 5.41) is 13.4. The molecular formula is C11H21N3O5. The standard InChI is InChI=1S/C11H21N3O5/c1-2-5-19-6-3-4-13-11(18)14-8(10(16)17)7-9(12)15/h8H,2-7H2,1H3,(H2,12,15)(H,16,17)(H2,13,14,18). The third kappa shape index (κ3) is 9.83. The van der Waals surface area contributed by atoms with Crippen molar-refractivity contribution in [1.29, 1.82) is 0 Å². The number of carbonyl (C=O) groups excluding carboxylic acids is 2. The van der Waals surface area contributed by atoms with Crippen LogP contribution in [0.3, 0.4) is 0 Å². The Morgan fingerprint density at radius 1 is 1.32 bits per heavy atom. The first kappa shape index (κ1) is 17.2. The highest BCUT2D eigenvalue weighted by atomic mass is 16.5. The van der Waals surface area contributed by atoms with Crippen molar-refractivity contribution in [2.24, 2.45) is 5.73 Å². The number of carbonyl (C=O) groups is 3. The molecule has 0 bridgehead atoms. The first-order chi connectivity index (χ1) is 8.97. The number of nitrogens with one attached hydrogen (secondary N) is 2. The Labute approximate surface area is 111 Å². The topological polar surface area (TPSA) is 131 Å². The molecular weight excluding hydrogens is 254 g/mol. The molecule has 0 aromatic heterocycles. The lowest BCUT2D eigenvalue weighted by molar-refractivity contribution is -0.140. The molecule has 0 spiro atoms. The molecule has 8 heteroatoms. The molecule has 19 heavy (non-hydrogen) atoms. The molecule has 0 aliphatic heterocycles. The number of hydrogen-bond donors (Lipinski definition) is 4. The number of nitrogens with two attached hydrogens (primary N) is 1.